The zero-order chi connectivity index (χ0) is 15.1. The van der Waals surface area contributed by atoms with Crippen molar-refractivity contribution in [1.29, 1.82) is 0 Å². The van der Waals surface area contributed by atoms with Gasteiger partial charge in [0.1, 0.15) is 0 Å². The minimum atomic E-state index is -0.917. The van der Waals surface area contributed by atoms with Crippen LogP contribution in [0.3, 0.4) is 0 Å². The monoisotopic (exact) mass is 292 g/mol. The molecule has 0 atom stereocenters. The molecule has 0 amide bonds. The first-order valence-electron chi connectivity index (χ1n) is 7.77. The molecule has 0 spiro atoms. The Balaban J connectivity index is 1.76. The zero-order valence-electron chi connectivity index (χ0n) is 12.6. The molecule has 0 aliphatic carbocycles. The number of hydrogen-bond acceptors (Lipinski definition) is 3. The van der Waals surface area contributed by atoms with Crippen molar-refractivity contribution in [1.82, 2.24) is 0 Å². The summed E-state index contributed by atoms with van der Waals surface area (Å²) in [5, 5.41) is 8.88. The number of rotatable bonds is 7. The second-order valence-corrected chi connectivity index (χ2v) is 5.64. The van der Waals surface area contributed by atoms with Gasteiger partial charge in [0.05, 0.1) is 18.8 Å². The lowest BCUT2D eigenvalue weighted by molar-refractivity contribution is -0.206. The molecule has 21 heavy (non-hydrogen) atoms. The van der Waals surface area contributed by atoms with Crippen LogP contribution in [0, 0.1) is 5.92 Å². The van der Waals surface area contributed by atoms with E-state index in [0.29, 0.717) is 5.92 Å². The number of aromatic carboxylic acids is 1. The fourth-order valence-electron chi connectivity index (χ4n) is 2.54. The summed E-state index contributed by atoms with van der Waals surface area (Å²) in [5.41, 5.74) is 1.16. The van der Waals surface area contributed by atoms with Crippen LogP contribution in [0.4, 0.5) is 0 Å². The van der Waals surface area contributed by atoms with Crippen molar-refractivity contribution in [2.45, 2.75) is 45.3 Å². The second-order valence-electron chi connectivity index (χ2n) is 5.64. The summed E-state index contributed by atoms with van der Waals surface area (Å²) >= 11 is 0. The molecule has 1 saturated heterocycles. The standard InChI is InChI=1S/C17H24O4/c1-2-3-4-5-6-13-11-20-17(21-12-13)15-9-7-14(8-10-15)16(18)19/h7-10,13,17H,2-6,11-12H2,1H3,(H,18,19). The Labute approximate surface area is 126 Å². The number of unbranched alkanes of at least 4 members (excludes halogenated alkanes) is 3. The minimum Gasteiger partial charge on any atom is -0.478 e. The van der Waals surface area contributed by atoms with Crippen LogP contribution in [-0.2, 0) is 9.47 Å². The van der Waals surface area contributed by atoms with Gasteiger partial charge < -0.3 is 14.6 Å². The van der Waals surface area contributed by atoms with Gasteiger partial charge in [0.2, 0.25) is 0 Å². The van der Waals surface area contributed by atoms with Crippen molar-refractivity contribution in [2.75, 3.05) is 13.2 Å². The maximum Gasteiger partial charge on any atom is 0.335 e. The highest BCUT2D eigenvalue weighted by Gasteiger charge is 2.23. The van der Waals surface area contributed by atoms with Crippen molar-refractivity contribution < 1.29 is 19.4 Å². The molecule has 0 bridgehead atoms. The number of benzene rings is 1. The third-order valence-corrected chi connectivity index (χ3v) is 3.86. The summed E-state index contributed by atoms with van der Waals surface area (Å²) in [7, 11) is 0. The third-order valence-electron chi connectivity index (χ3n) is 3.86. The topological polar surface area (TPSA) is 55.8 Å². The maximum absolute atomic E-state index is 10.8. The highest BCUT2D eigenvalue weighted by Crippen LogP contribution is 2.27. The van der Waals surface area contributed by atoms with E-state index < -0.39 is 5.97 Å². The first-order chi connectivity index (χ1) is 10.2. The molecule has 0 saturated carbocycles. The van der Waals surface area contributed by atoms with E-state index in [-0.39, 0.29) is 11.9 Å². The van der Waals surface area contributed by atoms with Crippen molar-refractivity contribution >= 4 is 5.97 Å². The first kappa shape index (κ1) is 16.0. The van der Waals surface area contributed by atoms with E-state index in [4.69, 9.17) is 14.6 Å². The van der Waals surface area contributed by atoms with Gasteiger partial charge in [-0.15, -0.1) is 0 Å². The molecule has 1 aromatic carbocycles. The van der Waals surface area contributed by atoms with Gasteiger partial charge in [-0.25, -0.2) is 4.79 Å². The van der Waals surface area contributed by atoms with Crippen molar-refractivity contribution in [3.63, 3.8) is 0 Å². The van der Waals surface area contributed by atoms with Gasteiger partial charge in [0.15, 0.2) is 6.29 Å². The Morgan fingerprint density at radius 1 is 1.14 bits per heavy atom. The van der Waals surface area contributed by atoms with Gasteiger partial charge in [0, 0.05) is 11.5 Å². The molecule has 4 nitrogen and oxygen atoms in total. The predicted molar refractivity (Wildman–Crippen MR) is 80.3 cm³/mol. The molecule has 1 aromatic rings. The molecular weight excluding hydrogens is 268 g/mol. The molecule has 1 aliphatic rings. The Bertz CT molecular complexity index is 433. The van der Waals surface area contributed by atoms with Gasteiger partial charge in [-0.2, -0.15) is 0 Å². The first-order valence-corrected chi connectivity index (χ1v) is 7.77. The minimum absolute atomic E-state index is 0.281. The SMILES string of the molecule is CCCCCCC1COC(c2ccc(C(=O)O)cc2)OC1. The van der Waals surface area contributed by atoms with Crippen LogP contribution in [0.1, 0.15) is 61.2 Å². The molecule has 116 valence electrons. The average Bonchev–Trinajstić information content (AvgIpc) is 2.52. The second kappa shape index (κ2) is 8.15. The molecule has 0 unspecified atom stereocenters. The van der Waals surface area contributed by atoms with E-state index in [2.05, 4.69) is 6.92 Å². The normalized spacial score (nSPS) is 22.1. The maximum atomic E-state index is 10.8. The predicted octanol–water partition coefficient (Wildman–Crippen LogP) is 4.02. The quantitative estimate of drug-likeness (QED) is 0.771. The van der Waals surface area contributed by atoms with Crippen molar-refractivity contribution in [3.05, 3.63) is 35.4 Å². The van der Waals surface area contributed by atoms with Crippen LogP contribution in [0.25, 0.3) is 0 Å². The van der Waals surface area contributed by atoms with E-state index in [1.54, 1.807) is 24.3 Å². The summed E-state index contributed by atoms with van der Waals surface area (Å²) in [5.74, 6) is -0.435. The number of carboxylic acids is 1. The Hall–Kier alpha value is -1.39. The number of carboxylic acid groups (broad SMARTS) is 1. The lowest BCUT2D eigenvalue weighted by atomic mass is 10.0. The summed E-state index contributed by atoms with van der Waals surface area (Å²) in [6, 6.07) is 6.69. The van der Waals surface area contributed by atoms with Gasteiger partial charge in [-0.3, -0.25) is 0 Å². The fraction of sp³-hybridized carbons (Fsp3) is 0.588. The summed E-state index contributed by atoms with van der Waals surface area (Å²) in [6.07, 6.45) is 5.87. The van der Waals surface area contributed by atoms with E-state index in [1.807, 2.05) is 0 Å². The lowest BCUT2D eigenvalue weighted by Crippen LogP contribution is -2.27. The van der Waals surface area contributed by atoms with Crippen LogP contribution in [-0.4, -0.2) is 24.3 Å². The Morgan fingerprint density at radius 3 is 2.38 bits per heavy atom. The molecular formula is C17H24O4. The molecule has 0 aromatic heterocycles. The van der Waals surface area contributed by atoms with Crippen molar-refractivity contribution in [2.24, 2.45) is 5.92 Å². The van der Waals surface area contributed by atoms with E-state index >= 15 is 0 Å². The lowest BCUT2D eigenvalue weighted by Gasteiger charge is -2.29. The smallest absolute Gasteiger partial charge is 0.335 e. The summed E-state index contributed by atoms with van der Waals surface area (Å²) in [4.78, 5) is 10.8. The third kappa shape index (κ3) is 4.83. The van der Waals surface area contributed by atoms with Crippen LogP contribution >= 0.6 is 0 Å². The van der Waals surface area contributed by atoms with E-state index in [1.165, 1.54) is 25.7 Å². The summed E-state index contributed by atoms with van der Waals surface area (Å²) < 4.78 is 11.5. The number of carbonyl (C=O) groups is 1. The van der Waals surface area contributed by atoms with Gasteiger partial charge in [-0.1, -0.05) is 44.7 Å². The molecule has 4 heteroatoms. The average molecular weight is 292 g/mol. The Morgan fingerprint density at radius 2 is 1.81 bits per heavy atom. The summed E-state index contributed by atoms with van der Waals surface area (Å²) in [6.45, 7) is 3.65. The fourth-order valence-corrected chi connectivity index (χ4v) is 2.54. The van der Waals surface area contributed by atoms with Gasteiger partial charge >= 0.3 is 5.97 Å². The highest BCUT2D eigenvalue weighted by atomic mass is 16.7. The molecule has 1 aliphatic heterocycles. The highest BCUT2D eigenvalue weighted by molar-refractivity contribution is 5.87. The zero-order valence-corrected chi connectivity index (χ0v) is 12.6. The molecule has 1 N–H and O–H groups in total. The largest absolute Gasteiger partial charge is 0.478 e. The van der Waals surface area contributed by atoms with Gasteiger partial charge in [0.25, 0.3) is 0 Å². The van der Waals surface area contributed by atoms with Gasteiger partial charge in [-0.05, 0) is 18.6 Å². The Kier molecular flexibility index (Phi) is 6.21. The van der Waals surface area contributed by atoms with Crippen LogP contribution < -0.4 is 0 Å². The van der Waals surface area contributed by atoms with Crippen molar-refractivity contribution in [3.8, 4) is 0 Å². The van der Waals surface area contributed by atoms with Crippen LogP contribution in [0.2, 0.25) is 0 Å². The van der Waals surface area contributed by atoms with E-state index in [9.17, 15) is 4.79 Å². The molecule has 1 heterocycles. The molecule has 0 radical (unpaired) electrons. The van der Waals surface area contributed by atoms with Crippen LogP contribution in [0.5, 0.6) is 0 Å². The van der Waals surface area contributed by atoms with E-state index in [0.717, 1.165) is 25.2 Å². The number of hydrogen-bond donors (Lipinski definition) is 1. The van der Waals surface area contributed by atoms with Crippen LogP contribution in [0.15, 0.2) is 24.3 Å². The molecule has 1 fully saturated rings. The number of ether oxygens (including phenoxy) is 2. The molecule has 2 rings (SSSR count).